The van der Waals surface area contributed by atoms with Gasteiger partial charge in [0, 0.05) is 30.2 Å². The number of hydrogen-bond donors (Lipinski definition) is 2. The summed E-state index contributed by atoms with van der Waals surface area (Å²) in [5.41, 5.74) is 15.8. The van der Waals surface area contributed by atoms with Crippen molar-refractivity contribution in [3.05, 3.63) is 53.2 Å². The molecule has 4 N–H and O–H groups in total. The minimum Gasteiger partial charge on any atom is -0.489 e. The Morgan fingerprint density at radius 1 is 1.19 bits per heavy atom. The van der Waals surface area contributed by atoms with E-state index in [1.807, 2.05) is 12.4 Å². The van der Waals surface area contributed by atoms with Crippen LogP contribution < -0.4 is 21.3 Å². The van der Waals surface area contributed by atoms with E-state index in [1.165, 1.54) is 0 Å². The van der Waals surface area contributed by atoms with Gasteiger partial charge in [-0.2, -0.15) is 0 Å². The van der Waals surface area contributed by atoms with E-state index in [4.69, 9.17) is 16.2 Å². The summed E-state index contributed by atoms with van der Waals surface area (Å²) >= 11 is 1.67. The third-order valence-corrected chi connectivity index (χ3v) is 6.28. The Hall–Kier alpha value is -1.96. The fourth-order valence-electron chi connectivity index (χ4n) is 3.85. The molecule has 0 aromatic carbocycles. The molecule has 3 aliphatic heterocycles. The Morgan fingerprint density at radius 3 is 2.89 bits per heavy atom. The molecule has 0 bridgehead atoms. The molecule has 1 aliphatic carbocycles. The van der Waals surface area contributed by atoms with Crippen molar-refractivity contribution >= 4 is 23.1 Å². The van der Waals surface area contributed by atoms with Crippen LogP contribution in [0.25, 0.3) is 0 Å². The Balaban J connectivity index is 1.53. The molecule has 1 saturated carbocycles. The molecule has 142 valence electrons. The number of nitrogens with two attached hydrogens (primary N) is 2. The predicted molar refractivity (Wildman–Crippen MR) is 110 cm³/mol. The fourth-order valence-corrected chi connectivity index (χ4v) is 4.81. The summed E-state index contributed by atoms with van der Waals surface area (Å²) < 4.78 is 6.11. The number of hydrogen-bond acceptors (Lipinski definition) is 7. The summed E-state index contributed by atoms with van der Waals surface area (Å²) in [5.74, 6) is 0.899. The monoisotopic (exact) mass is 383 g/mol. The highest BCUT2D eigenvalue weighted by atomic mass is 32.2. The first kappa shape index (κ1) is 17.2. The predicted octanol–water partition coefficient (Wildman–Crippen LogP) is 2.65. The lowest BCUT2D eigenvalue weighted by molar-refractivity contribution is 0.207. The molecule has 5 rings (SSSR count). The van der Waals surface area contributed by atoms with Crippen molar-refractivity contribution in [2.24, 2.45) is 11.5 Å². The SMILES string of the molecule is NC1C=C2C(=CC(OC3CC3)=CN2c2cnccc2N2CCC[C@@H](N)C2)S1. The number of aromatic nitrogens is 1. The molecule has 1 unspecified atom stereocenters. The van der Waals surface area contributed by atoms with E-state index >= 15 is 0 Å². The zero-order chi connectivity index (χ0) is 18.4. The van der Waals surface area contributed by atoms with Gasteiger partial charge in [-0.3, -0.25) is 4.98 Å². The number of ether oxygens (including phenoxy) is 1. The number of nitrogens with zero attached hydrogens (tertiary/aromatic N) is 3. The van der Waals surface area contributed by atoms with Crippen LogP contribution in [-0.4, -0.2) is 35.6 Å². The van der Waals surface area contributed by atoms with Crippen molar-refractivity contribution < 1.29 is 4.74 Å². The van der Waals surface area contributed by atoms with Gasteiger partial charge in [-0.05, 0) is 43.9 Å². The van der Waals surface area contributed by atoms with E-state index in [2.05, 4.69) is 39.2 Å². The highest BCUT2D eigenvalue weighted by Crippen LogP contribution is 2.45. The van der Waals surface area contributed by atoms with Crippen LogP contribution in [0.2, 0.25) is 0 Å². The zero-order valence-corrected chi connectivity index (χ0v) is 16.1. The average Bonchev–Trinajstić information content (AvgIpc) is 3.39. The summed E-state index contributed by atoms with van der Waals surface area (Å²) in [5, 5.41) is -0.0362. The van der Waals surface area contributed by atoms with Crippen LogP contribution in [0.4, 0.5) is 11.4 Å². The highest BCUT2D eigenvalue weighted by molar-refractivity contribution is 8.04. The van der Waals surface area contributed by atoms with Gasteiger partial charge in [0.25, 0.3) is 0 Å². The number of anilines is 2. The van der Waals surface area contributed by atoms with E-state index in [0.717, 1.165) is 66.5 Å². The fraction of sp³-hybridized carbons (Fsp3) is 0.450. The molecule has 4 aliphatic rings. The van der Waals surface area contributed by atoms with Crippen LogP contribution in [0, 0.1) is 0 Å². The molecule has 1 aromatic heterocycles. The topological polar surface area (TPSA) is 80.6 Å². The maximum absolute atomic E-state index is 6.24. The molecule has 2 atom stereocenters. The average molecular weight is 384 g/mol. The van der Waals surface area contributed by atoms with Gasteiger partial charge >= 0.3 is 0 Å². The van der Waals surface area contributed by atoms with Crippen molar-refractivity contribution in [1.29, 1.82) is 0 Å². The molecule has 0 spiro atoms. The van der Waals surface area contributed by atoms with Crippen molar-refractivity contribution in [3.8, 4) is 0 Å². The number of allylic oxidation sites excluding steroid dienone is 1. The third kappa shape index (κ3) is 3.47. The van der Waals surface area contributed by atoms with Crippen LogP contribution in [0.15, 0.2) is 53.2 Å². The number of fused-ring (bicyclic) bond motifs is 1. The third-order valence-electron chi connectivity index (χ3n) is 5.29. The maximum atomic E-state index is 6.24. The second-order valence-electron chi connectivity index (χ2n) is 7.57. The summed E-state index contributed by atoms with van der Waals surface area (Å²) in [7, 11) is 0. The van der Waals surface area contributed by atoms with Gasteiger partial charge in [-0.15, -0.1) is 11.8 Å². The van der Waals surface area contributed by atoms with Gasteiger partial charge in [0.1, 0.15) is 5.76 Å². The molecular weight excluding hydrogens is 358 g/mol. The van der Waals surface area contributed by atoms with Crippen LogP contribution in [0.3, 0.4) is 0 Å². The largest absolute Gasteiger partial charge is 0.489 e. The molecular formula is C20H25N5OS. The molecule has 6 nitrogen and oxygen atoms in total. The summed E-state index contributed by atoms with van der Waals surface area (Å²) in [6, 6.07) is 2.30. The molecule has 0 amide bonds. The molecule has 1 saturated heterocycles. The summed E-state index contributed by atoms with van der Waals surface area (Å²) in [6.45, 7) is 1.89. The molecule has 4 heterocycles. The standard InChI is InChI=1S/C20H25N5OS/c21-13-2-1-7-24(11-13)16-5-6-23-10-18(16)25-12-15(26-14-3-4-14)8-19-17(25)9-20(22)27-19/h5-6,8-10,12-14,20H,1-4,7,11,21-22H2/t13-,20?/m1/s1. The zero-order valence-electron chi connectivity index (χ0n) is 15.3. The van der Waals surface area contributed by atoms with E-state index < -0.39 is 0 Å². The van der Waals surface area contributed by atoms with E-state index in [1.54, 1.807) is 11.8 Å². The second-order valence-corrected chi connectivity index (χ2v) is 8.79. The van der Waals surface area contributed by atoms with Crippen LogP contribution in [0.1, 0.15) is 25.7 Å². The Labute approximate surface area is 163 Å². The minimum absolute atomic E-state index is 0.0362. The number of rotatable bonds is 4. The van der Waals surface area contributed by atoms with Crippen molar-refractivity contribution in [2.45, 2.75) is 43.2 Å². The number of pyridine rings is 1. The van der Waals surface area contributed by atoms with Gasteiger partial charge in [0.2, 0.25) is 0 Å². The normalized spacial score (nSPS) is 27.7. The summed E-state index contributed by atoms with van der Waals surface area (Å²) in [6.07, 6.45) is 14.9. The van der Waals surface area contributed by atoms with E-state index in [0.29, 0.717) is 6.10 Å². The second kappa shape index (κ2) is 6.89. The Morgan fingerprint density at radius 2 is 2.07 bits per heavy atom. The van der Waals surface area contributed by atoms with Crippen LogP contribution in [0.5, 0.6) is 0 Å². The molecule has 0 radical (unpaired) electrons. The van der Waals surface area contributed by atoms with Gasteiger partial charge < -0.3 is 26.0 Å². The Kier molecular flexibility index (Phi) is 4.38. The molecule has 7 heteroatoms. The van der Waals surface area contributed by atoms with Crippen molar-refractivity contribution in [1.82, 2.24) is 4.98 Å². The number of thioether (sulfide) groups is 1. The highest BCUT2D eigenvalue weighted by Gasteiger charge is 2.32. The minimum atomic E-state index is -0.0362. The van der Waals surface area contributed by atoms with Gasteiger partial charge in [-0.1, -0.05) is 0 Å². The Bertz CT molecular complexity index is 831. The first-order valence-corrected chi connectivity index (χ1v) is 10.5. The smallest absolute Gasteiger partial charge is 0.137 e. The van der Waals surface area contributed by atoms with Crippen molar-refractivity contribution in [2.75, 3.05) is 22.9 Å². The summed E-state index contributed by atoms with van der Waals surface area (Å²) in [4.78, 5) is 10.1. The van der Waals surface area contributed by atoms with E-state index in [9.17, 15) is 0 Å². The lowest BCUT2D eigenvalue weighted by Gasteiger charge is -2.36. The van der Waals surface area contributed by atoms with Gasteiger partial charge in [0.15, 0.2) is 0 Å². The van der Waals surface area contributed by atoms with Gasteiger partial charge in [0.05, 0.1) is 40.9 Å². The van der Waals surface area contributed by atoms with Crippen LogP contribution >= 0.6 is 11.8 Å². The van der Waals surface area contributed by atoms with Gasteiger partial charge in [-0.25, -0.2) is 0 Å². The lowest BCUT2D eigenvalue weighted by Crippen LogP contribution is -2.43. The van der Waals surface area contributed by atoms with E-state index in [-0.39, 0.29) is 11.4 Å². The maximum Gasteiger partial charge on any atom is 0.137 e. The molecule has 1 aromatic rings. The molecule has 2 fully saturated rings. The first-order valence-electron chi connectivity index (χ1n) is 9.66. The molecule has 27 heavy (non-hydrogen) atoms. The number of piperidine rings is 1. The van der Waals surface area contributed by atoms with Crippen molar-refractivity contribution in [3.63, 3.8) is 0 Å². The first-order chi connectivity index (χ1) is 13.2. The van der Waals surface area contributed by atoms with Crippen LogP contribution in [-0.2, 0) is 4.74 Å². The quantitative estimate of drug-likeness (QED) is 0.827. The lowest BCUT2D eigenvalue weighted by atomic mass is 10.1.